The number of likely N-dealkylation sites (N-methyl/N-ethyl adjacent to an activating group) is 1. The second kappa shape index (κ2) is 10.2. The summed E-state index contributed by atoms with van der Waals surface area (Å²) in [6, 6.07) is 17.2. The minimum atomic E-state index is -1.07. The fourth-order valence-corrected chi connectivity index (χ4v) is 2.98. The van der Waals surface area contributed by atoms with Gasteiger partial charge in [0.25, 0.3) is 0 Å². The summed E-state index contributed by atoms with van der Waals surface area (Å²) in [6.45, 7) is 0.355. The van der Waals surface area contributed by atoms with E-state index < -0.39 is 23.7 Å². The Morgan fingerprint density at radius 2 is 1.90 bits per heavy atom. The van der Waals surface area contributed by atoms with Crippen LogP contribution in [0.15, 0.2) is 79.0 Å². The Hall–Kier alpha value is -4.00. The summed E-state index contributed by atoms with van der Waals surface area (Å²) < 4.78 is 19.2. The van der Waals surface area contributed by atoms with Crippen molar-refractivity contribution in [1.82, 2.24) is 9.88 Å². The molecule has 0 bridgehead atoms. The summed E-state index contributed by atoms with van der Waals surface area (Å²) in [7, 11) is 1.45. The number of carbonyl (C=O) groups excluding carboxylic acids is 2. The lowest BCUT2D eigenvalue weighted by atomic mass is 10.0. The minimum absolute atomic E-state index is 0.311. The standard InChI is InChI=1S/C24H22FN3O3/c1-28(23(24(26)30)18-5-4-6-19(25)15-18)22(29)13-10-17-8-11-21(12-9-17)31-16-20-7-2-3-14-27-20/h2-15,23H,16H2,1H3,(H2,26,30)/b13-10+. The molecule has 1 heterocycles. The third kappa shape index (κ3) is 5.99. The Bertz CT molecular complexity index is 1070. The van der Waals surface area contributed by atoms with Crippen LogP contribution in [0.1, 0.15) is 22.9 Å². The predicted octanol–water partition coefficient (Wildman–Crippen LogP) is 3.50. The van der Waals surface area contributed by atoms with E-state index in [1.165, 1.54) is 36.2 Å². The van der Waals surface area contributed by atoms with E-state index >= 15 is 0 Å². The summed E-state index contributed by atoms with van der Waals surface area (Å²) in [6.07, 6.45) is 4.65. The number of nitrogens with two attached hydrogens (primary N) is 1. The smallest absolute Gasteiger partial charge is 0.247 e. The molecule has 31 heavy (non-hydrogen) atoms. The molecule has 3 rings (SSSR count). The third-order valence-electron chi connectivity index (χ3n) is 4.58. The van der Waals surface area contributed by atoms with Crippen molar-refractivity contribution in [3.05, 3.63) is 102 Å². The monoisotopic (exact) mass is 419 g/mol. The normalized spacial score (nSPS) is 11.8. The van der Waals surface area contributed by atoms with Crippen molar-refractivity contribution < 1.29 is 18.7 Å². The lowest BCUT2D eigenvalue weighted by molar-refractivity contribution is -0.134. The number of primary amides is 1. The molecule has 1 atom stereocenters. The van der Waals surface area contributed by atoms with E-state index in [4.69, 9.17) is 10.5 Å². The molecule has 1 aromatic heterocycles. The zero-order valence-corrected chi connectivity index (χ0v) is 16.9. The highest BCUT2D eigenvalue weighted by Crippen LogP contribution is 2.21. The van der Waals surface area contributed by atoms with Crippen molar-refractivity contribution >= 4 is 17.9 Å². The largest absolute Gasteiger partial charge is 0.487 e. The molecule has 0 saturated heterocycles. The van der Waals surface area contributed by atoms with Gasteiger partial charge in [0, 0.05) is 19.3 Å². The number of aromatic nitrogens is 1. The number of hydrogen-bond donors (Lipinski definition) is 1. The number of benzene rings is 2. The lowest BCUT2D eigenvalue weighted by Crippen LogP contribution is -2.38. The molecule has 2 aromatic carbocycles. The zero-order valence-electron chi connectivity index (χ0n) is 16.9. The van der Waals surface area contributed by atoms with Gasteiger partial charge < -0.3 is 15.4 Å². The average Bonchev–Trinajstić information content (AvgIpc) is 2.77. The summed E-state index contributed by atoms with van der Waals surface area (Å²) >= 11 is 0. The van der Waals surface area contributed by atoms with E-state index in [2.05, 4.69) is 4.98 Å². The van der Waals surface area contributed by atoms with Crippen LogP contribution in [0.4, 0.5) is 4.39 Å². The highest BCUT2D eigenvalue weighted by Gasteiger charge is 2.25. The van der Waals surface area contributed by atoms with Crippen LogP contribution in [0, 0.1) is 5.82 Å². The third-order valence-corrected chi connectivity index (χ3v) is 4.58. The van der Waals surface area contributed by atoms with Gasteiger partial charge >= 0.3 is 0 Å². The molecule has 0 aliphatic carbocycles. The van der Waals surface area contributed by atoms with Gasteiger partial charge in [0.15, 0.2) is 0 Å². The van der Waals surface area contributed by atoms with Crippen LogP contribution in [-0.2, 0) is 16.2 Å². The van der Waals surface area contributed by atoms with Crippen molar-refractivity contribution in [3.8, 4) is 5.75 Å². The molecule has 3 aromatic rings. The molecule has 0 radical (unpaired) electrons. The summed E-state index contributed by atoms with van der Waals surface area (Å²) in [5.41, 5.74) is 7.36. The van der Waals surface area contributed by atoms with E-state index in [0.717, 1.165) is 11.3 Å². The highest BCUT2D eigenvalue weighted by molar-refractivity contribution is 5.95. The number of pyridine rings is 1. The summed E-state index contributed by atoms with van der Waals surface area (Å²) in [4.78, 5) is 29.8. The molecule has 158 valence electrons. The number of ether oxygens (including phenoxy) is 1. The van der Waals surface area contributed by atoms with Crippen LogP contribution in [0.2, 0.25) is 0 Å². The molecule has 0 spiro atoms. The van der Waals surface area contributed by atoms with Gasteiger partial charge in [0.05, 0.1) is 5.69 Å². The first-order chi connectivity index (χ1) is 14.9. The molecule has 0 aliphatic heterocycles. The second-order valence-electron chi connectivity index (χ2n) is 6.82. The van der Waals surface area contributed by atoms with Gasteiger partial charge in [-0.2, -0.15) is 0 Å². The molecule has 6 nitrogen and oxygen atoms in total. The molecule has 2 N–H and O–H groups in total. The molecule has 2 amide bonds. The van der Waals surface area contributed by atoms with Gasteiger partial charge in [0.1, 0.15) is 24.2 Å². The quantitative estimate of drug-likeness (QED) is 0.567. The Morgan fingerprint density at radius 1 is 1.13 bits per heavy atom. The molecule has 7 heteroatoms. The SMILES string of the molecule is CN(C(=O)/C=C/c1ccc(OCc2ccccn2)cc1)C(C(N)=O)c1cccc(F)c1. The maximum Gasteiger partial charge on any atom is 0.247 e. The second-order valence-corrected chi connectivity index (χ2v) is 6.82. The van der Waals surface area contributed by atoms with E-state index in [1.807, 2.05) is 18.2 Å². The van der Waals surface area contributed by atoms with Crippen LogP contribution in [0.25, 0.3) is 6.08 Å². The Balaban J connectivity index is 1.63. The zero-order chi connectivity index (χ0) is 22.2. The van der Waals surface area contributed by atoms with Crippen molar-refractivity contribution in [2.45, 2.75) is 12.6 Å². The van der Waals surface area contributed by atoms with Gasteiger partial charge in [-0.3, -0.25) is 14.6 Å². The molecule has 0 saturated carbocycles. The predicted molar refractivity (Wildman–Crippen MR) is 115 cm³/mol. The van der Waals surface area contributed by atoms with Gasteiger partial charge in [-0.05, 0) is 53.6 Å². The van der Waals surface area contributed by atoms with Crippen molar-refractivity contribution in [2.24, 2.45) is 5.73 Å². The Kier molecular flexibility index (Phi) is 7.11. The first-order valence-corrected chi connectivity index (χ1v) is 9.56. The van der Waals surface area contributed by atoms with E-state index in [1.54, 1.807) is 42.6 Å². The van der Waals surface area contributed by atoms with E-state index in [9.17, 15) is 14.0 Å². The molecular formula is C24H22FN3O3. The first kappa shape index (κ1) is 21.7. The van der Waals surface area contributed by atoms with Crippen molar-refractivity contribution in [3.63, 3.8) is 0 Å². The fourth-order valence-electron chi connectivity index (χ4n) is 2.98. The highest BCUT2D eigenvalue weighted by atomic mass is 19.1. The molecule has 0 fully saturated rings. The topological polar surface area (TPSA) is 85.5 Å². The Morgan fingerprint density at radius 3 is 2.55 bits per heavy atom. The van der Waals surface area contributed by atoms with Gasteiger partial charge in [-0.25, -0.2) is 4.39 Å². The average molecular weight is 419 g/mol. The number of carbonyl (C=O) groups is 2. The number of halogens is 1. The maximum atomic E-state index is 13.5. The van der Waals surface area contributed by atoms with Crippen LogP contribution >= 0.6 is 0 Å². The molecule has 0 aliphatic rings. The molecule has 1 unspecified atom stereocenters. The molecular weight excluding hydrogens is 397 g/mol. The number of amides is 2. The minimum Gasteiger partial charge on any atom is -0.487 e. The van der Waals surface area contributed by atoms with Crippen molar-refractivity contribution in [2.75, 3.05) is 7.05 Å². The summed E-state index contributed by atoms with van der Waals surface area (Å²) in [5.74, 6) is -1.02. The van der Waals surface area contributed by atoms with E-state index in [0.29, 0.717) is 17.9 Å². The number of nitrogens with zero attached hydrogens (tertiary/aromatic N) is 2. The van der Waals surface area contributed by atoms with Gasteiger partial charge in [-0.15, -0.1) is 0 Å². The van der Waals surface area contributed by atoms with Crippen LogP contribution in [-0.4, -0.2) is 28.7 Å². The summed E-state index contributed by atoms with van der Waals surface area (Å²) in [5, 5.41) is 0. The number of hydrogen-bond acceptors (Lipinski definition) is 4. The van der Waals surface area contributed by atoms with Crippen LogP contribution in [0.5, 0.6) is 5.75 Å². The Labute approximate surface area is 179 Å². The number of rotatable bonds is 8. The van der Waals surface area contributed by atoms with Gasteiger partial charge in [-0.1, -0.05) is 30.3 Å². The van der Waals surface area contributed by atoms with Crippen molar-refractivity contribution in [1.29, 1.82) is 0 Å². The van der Waals surface area contributed by atoms with Crippen LogP contribution < -0.4 is 10.5 Å². The maximum absolute atomic E-state index is 13.5. The van der Waals surface area contributed by atoms with Gasteiger partial charge in [0.2, 0.25) is 11.8 Å². The lowest BCUT2D eigenvalue weighted by Gasteiger charge is -2.25. The van der Waals surface area contributed by atoms with Crippen LogP contribution in [0.3, 0.4) is 0 Å². The fraction of sp³-hybridized carbons (Fsp3) is 0.125. The van der Waals surface area contributed by atoms with E-state index in [-0.39, 0.29) is 0 Å². The first-order valence-electron chi connectivity index (χ1n) is 9.56.